The normalized spacial score (nSPS) is 18.6. The van der Waals surface area contributed by atoms with Gasteiger partial charge in [0.1, 0.15) is 6.10 Å². The lowest BCUT2D eigenvalue weighted by Crippen LogP contribution is -2.31. The van der Waals surface area contributed by atoms with Crippen molar-refractivity contribution in [2.75, 3.05) is 0 Å². The van der Waals surface area contributed by atoms with Gasteiger partial charge in [-0.2, -0.15) is 5.10 Å². The molecule has 0 spiro atoms. The maximum Gasteiger partial charge on any atom is 0.339 e. The number of aromatic nitrogens is 4. The van der Waals surface area contributed by atoms with E-state index >= 15 is 0 Å². The Morgan fingerprint density at radius 2 is 1.94 bits per heavy atom. The molecule has 7 nitrogen and oxygen atoms in total. The number of carbonyl (C=O) groups excluding carboxylic acids is 1. The molecule has 1 fully saturated rings. The summed E-state index contributed by atoms with van der Waals surface area (Å²) < 4.78 is 5.71. The number of fused-ring (bicyclic) bond motifs is 1. The molecule has 0 unspecified atom stereocenters. The molecule has 0 bridgehead atoms. The fraction of sp³-hybridized carbons (Fsp3) is 0.280. The van der Waals surface area contributed by atoms with Crippen molar-refractivity contribution in [2.45, 2.75) is 44.8 Å². The van der Waals surface area contributed by atoms with E-state index < -0.39 is 0 Å². The maximum absolute atomic E-state index is 12.7. The highest BCUT2D eigenvalue weighted by Gasteiger charge is 2.22. The number of H-pyrrole nitrogens is 1. The number of rotatable bonds is 4. The Labute approximate surface area is 186 Å². The molecule has 3 heterocycles. The smallest absolute Gasteiger partial charge is 0.339 e. The van der Waals surface area contributed by atoms with Crippen LogP contribution in [0.15, 0.2) is 54.9 Å². The first-order valence-electron chi connectivity index (χ1n) is 10.9. The van der Waals surface area contributed by atoms with E-state index in [2.05, 4.69) is 20.2 Å². The van der Waals surface area contributed by atoms with Crippen molar-refractivity contribution in [2.24, 2.45) is 5.73 Å². The van der Waals surface area contributed by atoms with E-state index in [0.29, 0.717) is 5.56 Å². The summed E-state index contributed by atoms with van der Waals surface area (Å²) in [7, 11) is 0. The lowest BCUT2D eigenvalue weighted by molar-refractivity contribution is 0.0197. The molecule has 32 heavy (non-hydrogen) atoms. The average molecular weight is 428 g/mol. The van der Waals surface area contributed by atoms with Gasteiger partial charge < -0.3 is 10.5 Å². The molecule has 0 saturated heterocycles. The lowest BCUT2D eigenvalue weighted by Gasteiger charge is -2.25. The predicted octanol–water partition coefficient (Wildman–Crippen LogP) is 4.42. The quantitative estimate of drug-likeness (QED) is 0.467. The van der Waals surface area contributed by atoms with Crippen LogP contribution >= 0.6 is 0 Å². The van der Waals surface area contributed by atoms with Gasteiger partial charge in [-0.25, -0.2) is 4.79 Å². The van der Waals surface area contributed by atoms with Crippen molar-refractivity contribution in [3.63, 3.8) is 0 Å². The average Bonchev–Trinajstić information content (AvgIpc) is 3.30. The first-order valence-corrected chi connectivity index (χ1v) is 10.9. The van der Waals surface area contributed by atoms with Crippen molar-refractivity contribution in [3.8, 4) is 22.5 Å². The van der Waals surface area contributed by atoms with Crippen molar-refractivity contribution in [1.29, 1.82) is 0 Å². The summed E-state index contributed by atoms with van der Waals surface area (Å²) in [6.07, 6.45) is 6.71. The largest absolute Gasteiger partial charge is 0.459 e. The standard InChI is InChI=1S/C25H25N5O2/c1-15-3-2-4-23(29-15)24-21(14-28-30-24)16-5-10-22-17(11-16)12-18(13-27-22)25(31)32-20-8-6-19(26)7-9-20/h2-5,10-14,19-20H,6-9,26H2,1H3,(H,28,30)/t19-,20+. The minimum absolute atomic E-state index is 0.0698. The summed E-state index contributed by atoms with van der Waals surface area (Å²) >= 11 is 0. The zero-order valence-electron chi connectivity index (χ0n) is 17.9. The maximum atomic E-state index is 12.7. The Hall–Kier alpha value is -3.58. The zero-order valence-corrected chi connectivity index (χ0v) is 17.9. The van der Waals surface area contributed by atoms with Crippen LogP contribution in [-0.4, -0.2) is 38.3 Å². The van der Waals surface area contributed by atoms with Gasteiger partial charge in [-0.1, -0.05) is 12.1 Å². The molecule has 0 aliphatic heterocycles. The minimum Gasteiger partial charge on any atom is -0.459 e. The van der Waals surface area contributed by atoms with Gasteiger partial charge in [-0.05, 0) is 68.5 Å². The van der Waals surface area contributed by atoms with Crippen LogP contribution in [0.3, 0.4) is 0 Å². The lowest BCUT2D eigenvalue weighted by atomic mass is 9.94. The van der Waals surface area contributed by atoms with Crippen LogP contribution in [0.4, 0.5) is 0 Å². The van der Waals surface area contributed by atoms with Crippen molar-refractivity contribution < 1.29 is 9.53 Å². The number of nitrogens with zero attached hydrogens (tertiary/aromatic N) is 3. The molecule has 4 aromatic rings. The highest BCUT2D eigenvalue weighted by molar-refractivity contribution is 5.95. The summed E-state index contributed by atoms with van der Waals surface area (Å²) in [6.45, 7) is 1.96. The highest BCUT2D eigenvalue weighted by Crippen LogP contribution is 2.31. The number of nitrogens with two attached hydrogens (primary N) is 1. The van der Waals surface area contributed by atoms with Gasteiger partial charge in [0.05, 0.1) is 28.7 Å². The number of pyridine rings is 2. The number of aryl methyl sites for hydroxylation is 1. The van der Waals surface area contributed by atoms with Gasteiger partial charge in [0.25, 0.3) is 0 Å². The SMILES string of the molecule is Cc1cccc(-c2[nH]ncc2-c2ccc3ncc(C(=O)O[C@H]4CC[C@@H](N)CC4)cc3c2)n1. The first kappa shape index (κ1) is 20.3. The highest BCUT2D eigenvalue weighted by atomic mass is 16.5. The number of hydrogen-bond donors (Lipinski definition) is 2. The van der Waals surface area contributed by atoms with Gasteiger partial charge in [-0.3, -0.25) is 15.1 Å². The zero-order chi connectivity index (χ0) is 22.1. The number of aromatic amines is 1. The Morgan fingerprint density at radius 1 is 1.09 bits per heavy atom. The minimum atomic E-state index is -0.335. The topological polar surface area (TPSA) is 107 Å². The molecule has 3 N–H and O–H groups in total. The fourth-order valence-corrected chi connectivity index (χ4v) is 4.22. The fourth-order valence-electron chi connectivity index (χ4n) is 4.22. The molecule has 5 rings (SSSR count). The van der Waals surface area contributed by atoms with Crippen LogP contribution in [0.1, 0.15) is 41.7 Å². The van der Waals surface area contributed by atoms with E-state index in [1.807, 2.05) is 49.4 Å². The van der Waals surface area contributed by atoms with Crippen LogP contribution in [0.2, 0.25) is 0 Å². The third-order valence-electron chi connectivity index (χ3n) is 6.00. The van der Waals surface area contributed by atoms with Crippen LogP contribution in [0.5, 0.6) is 0 Å². The summed E-state index contributed by atoms with van der Waals surface area (Å²) in [4.78, 5) is 21.8. The van der Waals surface area contributed by atoms with Gasteiger partial charge in [0, 0.05) is 28.9 Å². The first-order chi connectivity index (χ1) is 15.6. The molecule has 0 amide bonds. The van der Waals surface area contributed by atoms with Gasteiger partial charge in [0.2, 0.25) is 0 Å². The van der Waals surface area contributed by atoms with Crippen molar-refractivity contribution in [3.05, 3.63) is 66.1 Å². The molecule has 0 atom stereocenters. The summed E-state index contributed by atoms with van der Waals surface area (Å²) in [6, 6.07) is 13.9. The van der Waals surface area contributed by atoms with Gasteiger partial charge >= 0.3 is 5.97 Å². The number of esters is 1. The predicted molar refractivity (Wildman–Crippen MR) is 123 cm³/mol. The van der Waals surface area contributed by atoms with Crippen LogP contribution < -0.4 is 5.73 Å². The molecule has 1 aliphatic rings. The third-order valence-corrected chi connectivity index (χ3v) is 6.00. The molecule has 7 heteroatoms. The molecular formula is C25H25N5O2. The second-order valence-corrected chi connectivity index (χ2v) is 8.40. The molecule has 0 radical (unpaired) electrons. The molecule has 1 aliphatic carbocycles. The van der Waals surface area contributed by atoms with E-state index in [0.717, 1.165) is 64.8 Å². The number of hydrogen-bond acceptors (Lipinski definition) is 6. The van der Waals surface area contributed by atoms with E-state index in [1.165, 1.54) is 0 Å². The van der Waals surface area contributed by atoms with E-state index in [9.17, 15) is 4.79 Å². The Kier molecular flexibility index (Phi) is 5.41. The molecule has 3 aromatic heterocycles. The summed E-state index contributed by atoms with van der Waals surface area (Å²) in [5, 5.41) is 8.17. The second-order valence-electron chi connectivity index (χ2n) is 8.40. The molecule has 162 valence electrons. The van der Waals surface area contributed by atoms with E-state index in [4.69, 9.17) is 10.5 Å². The van der Waals surface area contributed by atoms with Crippen molar-refractivity contribution in [1.82, 2.24) is 20.2 Å². The molecule has 1 aromatic carbocycles. The number of nitrogens with one attached hydrogen (secondary N) is 1. The van der Waals surface area contributed by atoms with Gasteiger partial charge in [0.15, 0.2) is 0 Å². The second kappa shape index (κ2) is 8.51. The summed E-state index contributed by atoms with van der Waals surface area (Å²) in [5.41, 5.74) is 11.8. The van der Waals surface area contributed by atoms with Crippen LogP contribution in [0, 0.1) is 6.92 Å². The number of benzene rings is 1. The third kappa shape index (κ3) is 4.11. The van der Waals surface area contributed by atoms with Crippen LogP contribution in [0.25, 0.3) is 33.4 Å². The number of ether oxygens (including phenoxy) is 1. The molecule has 1 saturated carbocycles. The Bertz CT molecular complexity index is 1270. The van der Waals surface area contributed by atoms with Gasteiger partial charge in [-0.15, -0.1) is 0 Å². The monoisotopic (exact) mass is 427 g/mol. The van der Waals surface area contributed by atoms with Crippen molar-refractivity contribution >= 4 is 16.9 Å². The van der Waals surface area contributed by atoms with E-state index in [1.54, 1.807) is 12.4 Å². The number of carbonyl (C=O) groups is 1. The Morgan fingerprint density at radius 3 is 2.75 bits per heavy atom. The summed E-state index contributed by atoms with van der Waals surface area (Å²) in [5.74, 6) is -0.335. The molecular weight excluding hydrogens is 402 g/mol. The van der Waals surface area contributed by atoms with E-state index in [-0.39, 0.29) is 18.1 Å². The Balaban J connectivity index is 1.43. The van der Waals surface area contributed by atoms with Crippen LogP contribution in [-0.2, 0) is 4.74 Å².